The molecule has 1 aliphatic heterocycles. The van der Waals surface area contributed by atoms with Crippen molar-refractivity contribution in [2.75, 3.05) is 23.8 Å². The van der Waals surface area contributed by atoms with Gasteiger partial charge < -0.3 is 5.32 Å². The Morgan fingerprint density at radius 1 is 1.39 bits per heavy atom. The first kappa shape index (κ1) is 13.7. The quantitative estimate of drug-likeness (QED) is 0.873. The fourth-order valence-corrected chi connectivity index (χ4v) is 4.52. The number of sulfone groups is 1. The fourth-order valence-electron chi connectivity index (χ4n) is 2.11. The molecular weight excluding hydrogens is 270 g/mol. The minimum atomic E-state index is -3.15. The Hall–Kier alpha value is -0.720. The average molecular weight is 287 g/mol. The van der Waals surface area contributed by atoms with Crippen LogP contribution in [0.15, 0.2) is 29.2 Å². The van der Waals surface area contributed by atoms with Crippen LogP contribution in [-0.4, -0.2) is 36.4 Å². The maximum atomic E-state index is 11.9. The van der Waals surface area contributed by atoms with Crippen LogP contribution in [0.3, 0.4) is 0 Å². The van der Waals surface area contributed by atoms with Crippen molar-refractivity contribution in [3.05, 3.63) is 29.8 Å². The molecule has 1 aliphatic rings. The van der Waals surface area contributed by atoms with Crippen LogP contribution in [0.4, 0.5) is 0 Å². The Bertz CT molecular complexity index is 554. The van der Waals surface area contributed by atoms with Crippen LogP contribution in [0.1, 0.15) is 18.5 Å². The summed E-state index contributed by atoms with van der Waals surface area (Å²) >= 11 is 0. The van der Waals surface area contributed by atoms with Crippen LogP contribution < -0.4 is 5.32 Å². The van der Waals surface area contributed by atoms with E-state index in [0.29, 0.717) is 22.9 Å². The molecule has 2 rings (SSSR count). The van der Waals surface area contributed by atoms with Gasteiger partial charge in [0, 0.05) is 34.9 Å². The second-order valence-electron chi connectivity index (χ2n) is 4.26. The highest BCUT2D eigenvalue weighted by atomic mass is 32.2. The minimum Gasteiger partial charge on any atom is -0.308 e. The monoisotopic (exact) mass is 287 g/mol. The van der Waals surface area contributed by atoms with Gasteiger partial charge in [0.05, 0.1) is 10.6 Å². The summed E-state index contributed by atoms with van der Waals surface area (Å²) in [5.74, 6) is 1.31. The summed E-state index contributed by atoms with van der Waals surface area (Å²) in [6.07, 6.45) is 0. The summed E-state index contributed by atoms with van der Waals surface area (Å²) in [4.78, 5) is 0.430. The molecule has 0 spiro atoms. The van der Waals surface area contributed by atoms with E-state index >= 15 is 0 Å². The van der Waals surface area contributed by atoms with Crippen LogP contribution >= 0.6 is 0 Å². The van der Waals surface area contributed by atoms with Gasteiger partial charge in [0.1, 0.15) is 0 Å². The number of hydrogen-bond donors (Lipinski definition) is 1. The number of rotatable bonds is 5. The van der Waals surface area contributed by atoms with Crippen LogP contribution in [0, 0.1) is 0 Å². The maximum absolute atomic E-state index is 11.9. The van der Waals surface area contributed by atoms with Crippen molar-refractivity contribution in [1.82, 2.24) is 5.32 Å². The van der Waals surface area contributed by atoms with Crippen molar-refractivity contribution in [1.29, 1.82) is 0 Å². The summed E-state index contributed by atoms with van der Waals surface area (Å²) in [7, 11) is -3.97. The van der Waals surface area contributed by atoms with Crippen molar-refractivity contribution in [2.45, 2.75) is 17.9 Å². The van der Waals surface area contributed by atoms with Crippen LogP contribution in [-0.2, 0) is 20.6 Å². The van der Waals surface area contributed by atoms with Crippen molar-refractivity contribution >= 4 is 20.6 Å². The maximum Gasteiger partial charge on any atom is 0.180 e. The topological polar surface area (TPSA) is 63.2 Å². The Morgan fingerprint density at radius 3 is 2.83 bits per heavy atom. The molecule has 4 nitrogen and oxygen atoms in total. The molecular formula is C12H17NO3S2. The molecule has 6 heteroatoms. The summed E-state index contributed by atoms with van der Waals surface area (Å²) < 4.78 is 35.1. The lowest BCUT2D eigenvalue weighted by atomic mass is 10.1. The highest BCUT2D eigenvalue weighted by molar-refractivity contribution is 7.91. The van der Waals surface area contributed by atoms with Gasteiger partial charge in [-0.05, 0) is 11.6 Å². The Kier molecular flexibility index (Phi) is 4.19. The summed E-state index contributed by atoms with van der Waals surface area (Å²) in [5, 5.41) is 3.19. The second kappa shape index (κ2) is 5.50. The highest BCUT2D eigenvalue weighted by Crippen LogP contribution is 2.32. The fraction of sp³-hybridized carbons (Fsp3) is 0.500. The molecule has 100 valence electrons. The molecule has 2 atom stereocenters. The largest absolute Gasteiger partial charge is 0.308 e. The molecule has 0 saturated carbocycles. The SMILES string of the molecule is CCS(=O)CCNC1CS(=O)(=O)c2ccccc21. The predicted octanol–water partition coefficient (Wildman–Crippen LogP) is 0.873. The molecule has 1 aromatic carbocycles. The molecule has 0 bridgehead atoms. The average Bonchev–Trinajstić information content (AvgIpc) is 2.62. The van der Waals surface area contributed by atoms with E-state index in [2.05, 4.69) is 5.32 Å². The third-order valence-corrected chi connectivity index (χ3v) is 6.18. The van der Waals surface area contributed by atoms with E-state index in [0.717, 1.165) is 5.56 Å². The van der Waals surface area contributed by atoms with Gasteiger partial charge in [-0.15, -0.1) is 0 Å². The first-order valence-electron chi connectivity index (χ1n) is 5.94. The third-order valence-electron chi connectivity index (χ3n) is 3.06. The van der Waals surface area contributed by atoms with E-state index in [9.17, 15) is 12.6 Å². The van der Waals surface area contributed by atoms with Gasteiger partial charge in [0.2, 0.25) is 0 Å². The van der Waals surface area contributed by atoms with E-state index < -0.39 is 20.6 Å². The molecule has 0 aliphatic carbocycles. The van der Waals surface area contributed by atoms with Crippen molar-refractivity contribution in [3.63, 3.8) is 0 Å². The van der Waals surface area contributed by atoms with Crippen molar-refractivity contribution < 1.29 is 12.6 Å². The van der Waals surface area contributed by atoms with Gasteiger partial charge in [-0.1, -0.05) is 25.1 Å². The molecule has 0 saturated heterocycles. The number of benzene rings is 1. The highest BCUT2D eigenvalue weighted by Gasteiger charge is 2.33. The number of fused-ring (bicyclic) bond motifs is 1. The second-order valence-corrected chi connectivity index (χ2v) is 8.13. The van der Waals surface area contributed by atoms with E-state index in [1.165, 1.54) is 0 Å². The Labute approximate surface area is 110 Å². The predicted molar refractivity (Wildman–Crippen MR) is 72.8 cm³/mol. The van der Waals surface area contributed by atoms with Crippen LogP contribution in [0.2, 0.25) is 0 Å². The minimum absolute atomic E-state index is 0.102. The Morgan fingerprint density at radius 2 is 2.11 bits per heavy atom. The van der Waals surface area contributed by atoms with Gasteiger partial charge in [-0.3, -0.25) is 4.21 Å². The van der Waals surface area contributed by atoms with Crippen molar-refractivity contribution in [2.24, 2.45) is 0 Å². The van der Waals surface area contributed by atoms with Gasteiger partial charge in [0.15, 0.2) is 9.84 Å². The standard InChI is InChI=1S/C12H17NO3S2/c1-2-17(14)8-7-13-11-9-18(15,16)12-6-4-3-5-10(11)12/h3-6,11,13H,2,7-9H2,1H3. The molecule has 2 unspecified atom stereocenters. The van der Waals surface area contributed by atoms with Gasteiger partial charge in [0.25, 0.3) is 0 Å². The molecule has 1 heterocycles. The lowest BCUT2D eigenvalue weighted by Gasteiger charge is -2.11. The molecule has 1 aromatic rings. The van der Waals surface area contributed by atoms with E-state index in [1.54, 1.807) is 12.1 Å². The molecule has 1 N–H and O–H groups in total. The number of nitrogens with one attached hydrogen (secondary N) is 1. The lowest BCUT2D eigenvalue weighted by molar-refractivity contribution is 0.579. The molecule has 18 heavy (non-hydrogen) atoms. The van der Waals surface area contributed by atoms with Gasteiger partial charge in [-0.25, -0.2) is 8.42 Å². The lowest BCUT2D eigenvalue weighted by Crippen LogP contribution is -2.27. The zero-order chi connectivity index (χ0) is 13.2. The van der Waals surface area contributed by atoms with Crippen LogP contribution in [0.5, 0.6) is 0 Å². The zero-order valence-electron chi connectivity index (χ0n) is 10.3. The van der Waals surface area contributed by atoms with E-state index in [-0.39, 0.29) is 11.8 Å². The normalized spacial score (nSPS) is 22.6. The zero-order valence-corrected chi connectivity index (χ0v) is 11.9. The van der Waals surface area contributed by atoms with E-state index in [1.807, 2.05) is 19.1 Å². The summed E-state index contributed by atoms with van der Waals surface area (Å²) in [6.45, 7) is 2.46. The molecule has 0 radical (unpaired) electrons. The third kappa shape index (κ3) is 2.81. The summed E-state index contributed by atoms with van der Waals surface area (Å²) in [5.41, 5.74) is 0.833. The smallest absolute Gasteiger partial charge is 0.180 e. The van der Waals surface area contributed by atoms with Crippen molar-refractivity contribution in [3.8, 4) is 0 Å². The Balaban J connectivity index is 2.07. The van der Waals surface area contributed by atoms with E-state index in [4.69, 9.17) is 0 Å². The summed E-state index contributed by atoms with van der Waals surface area (Å²) in [6, 6.07) is 6.91. The first-order valence-corrected chi connectivity index (χ1v) is 9.08. The van der Waals surface area contributed by atoms with Crippen LogP contribution in [0.25, 0.3) is 0 Å². The molecule has 0 amide bonds. The van der Waals surface area contributed by atoms with Gasteiger partial charge >= 0.3 is 0 Å². The van der Waals surface area contributed by atoms with Gasteiger partial charge in [-0.2, -0.15) is 0 Å². The first-order chi connectivity index (χ1) is 8.54. The number of hydrogen-bond acceptors (Lipinski definition) is 4. The molecule has 0 fully saturated rings. The molecule has 0 aromatic heterocycles.